The second-order valence-electron chi connectivity index (χ2n) is 5.73. The van der Waals surface area contributed by atoms with Crippen LogP contribution in [0.1, 0.15) is 30.0 Å². The van der Waals surface area contributed by atoms with E-state index in [0.717, 1.165) is 11.1 Å². The van der Waals surface area contributed by atoms with Crippen LogP contribution in [0, 0.1) is 6.92 Å². The molecule has 5 heteroatoms. The third-order valence-corrected chi connectivity index (χ3v) is 4.65. The van der Waals surface area contributed by atoms with Gasteiger partial charge in [-0.05, 0) is 43.9 Å². The van der Waals surface area contributed by atoms with Crippen molar-refractivity contribution >= 4 is 10.1 Å². The highest BCUT2D eigenvalue weighted by Crippen LogP contribution is 2.20. The van der Waals surface area contributed by atoms with Crippen LogP contribution in [-0.4, -0.2) is 19.1 Å². The van der Waals surface area contributed by atoms with Gasteiger partial charge < -0.3 is 4.74 Å². The molecule has 2 rings (SSSR count). The third-order valence-electron chi connectivity index (χ3n) is 3.69. The summed E-state index contributed by atoms with van der Waals surface area (Å²) < 4.78 is 38.0. The zero-order chi connectivity index (χ0) is 16.9. The minimum absolute atomic E-state index is 0.00929. The average Bonchev–Trinajstić information content (AvgIpc) is 2.51. The molecule has 0 saturated heterocycles. The summed E-state index contributed by atoms with van der Waals surface area (Å²) in [5, 5.41) is 0. The maximum atomic E-state index is 11.4. The number of ether oxygens (including phenoxy) is 1. The average molecular weight is 334 g/mol. The lowest BCUT2D eigenvalue weighted by molar-refractivity contribution is 0.0477. The van der Waals surface area contributed by atoms with Crippen LogP contribution in [0.4, 0.5) is 0 Å². The molecule has 0 aromatic heterocycles. The summed E-state index contributed by atoms with van der Waals surface area (Å²) in [7, 11) is -4.19. The number of benzene rings is 2. The van der Waals surface area contributed by atoms with E-state index in [-0.39, 0.29) is 11.0 Å². The Morgan fingerprint density at radius 3 is 2.48 bits per heavy atom. The summed E-state index contributed by atoms with van der Waals surface area (Å²) in [6, 6.07) is 14.8. The maximum absolute atomic E-state index is 11.4. The second-order valence-corrected chi connectivity index (χ2v) is 7.12. The molecule has 2 aromatic rings. The SMILES string of the molecule is Cc1ccc(S(=O)(=O)O)c(CC[C@@H](C)OCc2ccccc2)c1. The van der Waals surface area contributed by atoms with E-state index in [1.54, 1.807) is 12.1 Å². The van der Waals surface area contributed by atoms with Crippen LogP contribution in [-0.2, 0) is 27.9 Å². The van der Waals surface area contributed by atoms with Gasteiger partial charge in [0.1, 0.15) is 0 Å². The molecule has 0 spiro atoms. The van der Waals surface area contributed by atoms with Gasteiger partial charge in [0.25, 0.3) is 10.1 Å². The molecule has 0 radical (unpaired) electrons. The van der Waals surface area contributed by atoms with Crippen LogP contribution in [0.15, 0.2) is 53.4 Å². The molecular weight excluding hydrogens is 312 g/mol. The number of aryl methyl sites for hydroxylation is 2. The molecule has 0 aliphatic rings. The lowest BCUT2D eigenvalue weighted by Crippen LogP contribution is -2.11. The van der Waals surface area contributed by atoms with E-state index >= 15 is 0 Å². The van der Waals surface area contributed by atoms with Crippen LogP contribution in [0.3, 0.4) is 0 Å². The Morgan fingerprint density at radius 1 is 1.13 bits per heavy atom. The first-order chi connectivity index (χ1) is 10.9. The molecular formula is C18H22O4S. The van der Waals surface area contributed by atoms with Crippen LogP contribution < -0.4 is 0 Å². The number of hydrogen-bond acceptors (Lipinski definition) is 3. The smallest absolute Gasteiger partial charge is 0.294 e. The van der Waals surface area contributed by atoms with E-state index in [2.05, 4.69) is 0 Å². The fourth-order valence-electron chi connectivity index (χ4n) is 2.41. The monoisotopic (exact) mass is 334 g/mol. The lowest BCUT2D eigenvalue weighted by atomic mass is 10.0. The van der Waals surface area contributed by atoms with Crippen molar-refractivity contribution in [2.45, 2.75) is 44.3 Å². The Morgan fingerprint density at radius 2 is 1.83 bits per heavy atom. The Hall–Kier alpha value is -1.69. The van der Waals surface area contributed by atoms with Crippen LogP contribution >= 0.6 is 0 Å². The van der Waals surface area contributed by atoms with Crippen molar-refractivity contribution in [3.8, 4) is 0 Å². The molecule has 23 heavy (non-hydrogen) atoms. The summed E-state index contributed by atoms with van der Waals surface area (Å²) in [6.45, 7) is 4.39. The molecule has 1 atom stereocenters. The van der Waals surface area contributed by atoms with Gasteiger partial charge in [0.15, 0.2) is 0 Å². The minimum Gasteiger partial charge on any atom is -0.374 e. The summed E-state index contributed by atoms with van der Waals surface area (Å²) >= 11 is 0. The van der Waals surface area contributed by atoms with E-state index in [9.17, 15) is 13.0 Å². The van der Waals surface area contributed by atoms with Gasteiger partial charge in [-0.3, -0.25) is 4.55 Å². The first kappa shape index (κ1) is 17.7. The van der Waals surface area contributed by atoms with Gasteiger partial charge in [-0.25, -0.2) is 0 Å². The normalized spacial score (nSPS) is 13.0. The lowest BCUT2D eigenvalue weighted by Gasteiger charge is -2.14. The quantitative estimate of drug-likeness (QED) is 0.783. The molecule has 0 bridgehead atoms. The summed E-state index contributed by atoms with van der Waals surface area (Å²) in [6.07, 6.45) is 1.20. The zero-order valence-electron chi connectivity index (χ0n) is 13.4. The summed E-state index contributed by atoms with van der Waals surface area (Å²) in [4.78, 5) is -0.0154. The number of hydrogen-bond donors (Lipinski definition) is 1. The van der Waals surface area contributed by atoms with Crippen molar-refractivity contribution in [3.05, 3.63) is 65.2 Å². The Balaban J connectivity index is 1.96. The summed E-state index contributed by atoms with van der Waals surface area (Å²) in [5.74, 6) is 0. The first-order valence-electron chi connectivity index (χ1n) is 7.59. The van der Waals surface area contributed by atoms with Gasteiger partial charge in [-0.2, -0.15) is 8.42 Å². The molecule has 0 heterocycles. The van der Waals surface area contributed by atoms with Gasteiger partial charge in [0.2, 0.25) is 0 Å². The third kappa shape index (κ3) is 5.46. The molecule has 0 unspecified atom stereocenters. The van der Waals surface area contributed by atoms with Crippen molar-refractivity contribution in [3.63, 3.8) is 0 Å². The standard InChI is InChI=1S/C18H22O4S/c1-14-8-11-18(23(19,20)21)17(12-14)10-9-15(2)22-13-16-6-4-3-5-7-16/h3-8,11-12,15H,9-10,13H2,1-2H3,(H,19,20,21)/t15-/m1/s1. The predicted molar refractivity (Wildman–Crippen MR) is 90.0 cm³/mol. The van der Waals surface area contributed by atoms with E-state index in [1.165, 1.54) is 6.07 Å². The molecule has 4 nitrogen and oxygen atoms in total. The van der Waals surface area contributed by atoms with Crippen molar-refractivity contribution in [2.24, 2.45) is 0 Å². The molecule has 124 valence electrons. The van der Waals surface area contributed by atoms with Gasteiger partial charge in [0.05, 0.1) is 17.6 Å². The van der Waals surface area contributed by atoms with Crippen molar-refractivity contribution < 1.29 is 17.7 Å². The highest BCUT2D eigenvalue weighted by atomic mass is 32.2. The van der Waals surface area contributed by atoms with Gasteiger partial charge >= 0.3 is 0 Å². The molecule has 2 aromatic carbocycles. The topological polar surface area (TPSA) is 63.6 Å². The molecule has 0 fully saturated rings. The molecule has 0 amide bonds. The van der Waals surface area contributed by atoms with E-state index in [4.69, 9.17) is 4.74 Å². The fraction of sp³-hybridized carbons (Fsp3) is 0.333. The Kier molecular flexibility index (Phi) is 5.93. The van der Waals surface area contributed by atoms with Crippen molar-refractivity contribution in [2.75, 3.05) is 0 Å². The van der Waals surface area contributed by atoms with E-state index in [0.29, 0.717) is 25.0 Å². The van der Waals surface area contributed by atoms with Gasteiger partial charge in [-0.15, -0.1) is 0 Å². The van der Waals surface area contributed by atoms with Crippen molar-refractivity contribution in [1.82, 2.24) is 0 Å². The second kappa shape index (κ2) is 7.73. The van der Waals surface area contributed by atoms with E-state index in [1.807, 2.05) is 44.2 Å². The highest BCUT2D eigenvalue weighted by molar-refractivity contribution is 7.85. The van der Waals surface area contributed by atoms with E-state index < -0.39 is 10.1 Å². The van der Waals surface area contributed by atoms with Gasteiger partial charge in [-0.1, -0.05) is 48.0 Å². The maximum Gasteiger partial charge on any atom is 0.294 e. The van der Waals surface area contributed by atoms with Gasteiger partial charge in [0, 0.05) is 0 Å². The zero-order valence-corrected chi connectivity index (χ0v) is 14.2. The largest absolute Gasteiger partial charge is 0.374 e. The molecule has 1 N–H and O–H groups in total. The molecule has 0 aliphatic heterocycles. The molecule has 0 aliphatic carbocycles. The summed E-state index contributed by atoms with van der Waals surface area (Å²) in [5.41, 5.74) is 2.70. The Bertz CT molecular complexity index is 739. The Labute approximate surface area is 137 Å². The van der Waals surface area contributed by atoms with Crippen molar-refractivity contribution in [1.29, 1.82) is 0 Å². The molecule has 0 saturated carbocycles. The fourth-order valence-corrected chi connectivity index (χ4v) is 3.14. The van der Waals surface area contributed by atoms with Crippen LogP contribution in [0.25, 0.3) is 0 Å². The first-order valence-corrected chi connectivity index (χ1v) is 9.03. The minimum atomic E-state index is -4.19. The predicted octanol–water partition coefficient (Wildman–Crippen LogP) is 3.78. The van der Waals surface area contributed by atoms with Crippen LogP contribution in [0.2, 0.25) is 0 Å². The highest BCUT2D eigenvalue weighted by Gasteiger charge is 2.16. The number of rotatable bonds is 7. The van der Waals surface area contributed by atoms with Crippen LogP contribution in [0.5, 0.6) is 0 Å².